The average molecular weight is 354 g/mol. The van der Waals surface area contributed by atoms with Gasteiger partial charge in [0.1, 0.15) is 0 Å². The molecule has 1 N–H and O–H groups in total. The second kappa shape index (κ2) is 6.58. The SMILES string of the molecule is CC(C)N(CCO)C(=O)c1ccc(Br)c(C(F)(F)F)c1. The highest BCUT2D eigenvalue weighted by Gasteiger charge is 2.34. The molecule has 0 aromatic heterocycles. The van der Waals surface area contributed by atoms with Gasteiger partial charge in [-0.1, -0.05) is 15.9 Å². The summed E-state index contributed by atoms with van der Waals surface area (Å²) in [6.45, 7) is 3.30. The number of aliphatic hydroxyl groups is 1. The first kappa shape index (κ1) is 17.0. The van der Waals surface area contributed by atoms with E-state index in [9.17, 15) is 18.0 Å². The van der Waals surface area contributed by atoms with E-state index in [1.807, 2.05) is 0 Å². The summed E-state index contributed by atoms with van der Waals surface area (Å²) >= 11 is 2.83. The van der Waals surface area contributed by atoms with E-state index in [0.29, 0.717) is 0 Å². The van der Waals surface area contributed by atoms with Gasteiger partial charge in [-0.05, 0) is 32.0 Å². The Balaban J connectivity index is 3.17. The first-order chi connectivity index (χ1) is 9.18. The smallest absolute Gasteiger partial charge is 0.395 e. The molecule has 1 aromatic rings. The van der Waals surface area contributed by atoms with Crippen molar-refractivity contribution in [2.24, 2.45) is 0 Å². The molecule has 0 heterocycles. The van der Waals surface area contributed by atoms with Gasteiger partial charge in [-0.25, -0.2) is 0 Å². The second-order valence-electron chi connectivity index (χ2n) is 4.51. The third kappa shape index (κ3) is 3.96. The molecule has 112 valence electrons. The summed E-state index contributed by atoms with van der Waals surface area (Å²) in [4.78, 5) is 13.5. The average Bonchev–Trinajstić information content (AvgIpc) is 2.34. The standard InChI is InChI=1S/C13H15BrF3NO2/c1-8(2)18(5-6-19)12(20)9-3-4-11(14)10(7-9)13(15,16)17/h3-4,7-8,19H,5-6H2,1-2H3. The minimum absolute atomic E-state index is 0.0531. The number of nitrogens with zero attached hydrogens (tertiary/aromatic N) is 1. The van der Waals surface area contributed by atoms with Crippen LogP contribution in [0.1, 0.15) is 29.8 Å². The Morgan fingerprint density at radius 1 is 1.40 bits per heavy atom. The number of hydrogen-bond donors (Lipinski definition) is 1. The first-order valence-corrected chi connectivity index (χ1v) is 6.76. The lowest BCUT2D eigenvalue weighted by molar-refractivity contribution is -0.138. The molecule has 0 radical (unpaired) electrons. The molecule has 0 fully saturated rings. The molecular weight excluding hydrogens is 339 g/mol. The Morgan fingerprint density at radius 2 is 2.00 bits per heavy atom. The molecule has 0 aliphatic heterocycles. The molecular formula is C13H15BrF3NO2. The van der Waals surface area contributed by atoms with Crippen molar-refractivity contribution < 1.29 is 23.1 Å². The van der Waals surface area contributed by atoms with Crippen molar-refractivity contribution in [2.75, 3.05) is 13.2 Å². The maximum absolute atomic E-state index is 12.8. The lowest BCUT2D eigenvalue weighted by atomic mass is 10.1. The van der Waals surface area contributed by atoms with Crippen molar-refractivity contribution in [3.05, 3.63) is 33.8 Å². The highest BCUT2D eigenvalue weighted by Crippen LogP contribution is 2.35. The molecule has 1 rings (SSSR count). The Kier molecular flexibility index (Phi) is 5.59. The zero-order valence-corrected chi connectivity index (χ0v) is 12.6. The number of halogens is 4. The van der Waals surface area contributed by atoms with Crippen molar-refractivity contribution in [2.45, 2.75) is 26.1 Å². The van der Waals surface area contributed by atoms with Crippen LogP contribution in [-0.4, -0.2) is 35.1 Å². The number of carbonyl (C=O) groups is 1. The van der Waals surface area contributed by atoms with E-state index in [1.165, 1.54) is 17.0 Å². The molecule has 3 nitrogen and oxygen atoms in total. The molecule has 0 spiro atoms. The van der Waals surface area contributed by atoms with Crippen LogP contribution in [0.25, 0.3) is 0 Å². The van der Waals surface area contributed by atoms with Crippen molar-refractivity contribution in [3.63, 3.8) is 0 Å². The molecule has 0 aliphatic rings. The molecule has 0 saturated carbocycles. The van der Waals surface area contributed by atoms with Gasteiger partial charge in [-0.3, -0.25) is 4.79 Å². The van der Waals surface area contributed by atoms with Gasteiger partial charge in [0.15, 0.2) is 0 Å². The second-order valence-corrected chi connectivity index (χ2v) is 5.36. The molecule has 0 bridgehead atoms. The van der Waals surface area contributed by atoms with E-state index < -0.39 is 17.6 Å². The van der Waals surface area contributed by atoms with Crippen molar-refractivity contribution in [1.29, 1.82) is 0 Å². The summed E-state index contributed by atoms with van der Waals surface area (Å²) < 4.78 is 38.3. The molecule has 1 amide bonds. The molecule has 0 atom stereocenters. The van der Waals surface area contributed by atoms with Crippen LogP contribution in [0.2, 0.25) is 0 Å². The lowest BCUT2D eigenvalue weighted by Crippen LogP contribution is -2.39. The number of amides is 1. The summed E-state index contributed by atoms with van der Waals surface area (Å²) in [5.74, 6) is -0.535. The number of rotatable bonds is 4. The van der Waals surface area contributed by atoms with Gasteiger partial charge in [-0.2, -0.15) is 13.2 Å². The molecule has 0 unspecified atom stereocenters. The molecule has 1 aromatic carbocycles. The van der Waals surface area contributed by atoms with Gasteiger partial charge in [0, 0.05) is 22.6 Å². The van der Waals surface area contributed by atoms with Crippen LogP contribution >= 0.6 is 15.9 Å². The van der Waals surface area contributed by atoms with Gasteiger partial charge in [0.2, 0.25) is 0 Å². The van der Waals surface area contributed by atoms with Gasteiger partial charge >= 0.3 is 6.18 Å². The largest absolute Gasteiger partial charge is 0.417 e. The van der Waals surface area contributed by atoms with Crippen LogP contribution in [0.4, 0.5) is 13.2 Å². The first-order valence-electron chi connectivity index (χ1n) is 5.97. The topological polar surface area (TPSA) is 40.5 Å². The monoisotopic (exact) mass is 353 g/mol. The van der Waals surface area contributed by atoms with Crippen LogP contribution in [0.5, 0.6) is 0 Å². The number of alkyl halides is 3. The zero-order valence-electron chi connectivity index (χ0n) is 11.0. The normalized spacial score (nSPS) is 11.8. The van der Waals surface area contributed by atoms with Crippen molar-refractivity contribution in [3.8, 4) is 0 Å². The van der Waals surface area contributed by atoms with E-state index in [2.05, 4.69) is 15.9 Å². The quantitative estimate of drug-likeness (QED) is 0.901. The summed E-state index contributed by atoms with van der Waals surface area (Å²) in [6.07, 6.45) is -4.53. The van der Waals surface area contributed by atoms with E-state index >= 15 is 0 Å². The maximum atomic E-state index is 12.8. The van der Waals surface area contributed by atoms with E-state index in [-0.39, 0.29) is 29.2 Å². The fraction of sp³-hybridized carbons (Fsp3) is 0.462. The number of aliphatic hydroxyl groups excluding tert-OH is 1. The fourth-order valence-electron chi connectivity index (χ4n) is 1.74. The van der Waals surface area contributed by atoms with E-state index in [1.54, 1.807) is 13.8 Å². The van der Waals surface area contributed by atoms with Crippen molar-refractivity contribution in [1.82, 2.24) is 4.90 Å². The number of benzene rings is 1. The highest BCUT2D eigenvalue weighted by molar-refractivity contribution is 9.10. The van der Waals surface area contributed by atoms with E-state index in [0.717, 1.165) is 6.07 Å². The Hall–Kier alpha value is -1.08. The third-order valence-corrected chi connectivity index (χ3v) is 3.44. The number of hydrogen-bond acceptors (Lipinski definition) is 2. The molecule has 7 heteroatoms. The van der Waals surface area contributed by atoms with Crippen LogP contribution in [0.3, 0.4) is 0 Å². The van der Waals surface area contributed by atoms with Crippen LogP contribution < -0.4 is 0 Å². The predicted molar refractivity (Wildman–Crippen MR) is 72.4 cm³/mol. The Morgan fingerprint density at radius 3 is 2.45 bits per heavy atom. The van der Waals surface area contributed by atoms with Gasteiger partial charge in [0.25, 0.3) is 5.91 Å². The fourth-order valence-corrected chi connectivity index (χ4v) is 2.21. The van der Waals surface area contributed by atoms with Gasteiger partial charge in [-0.15, -0.1) is 0 Å². The molecule has 0 aliphatic carbocycles. The van der Waals surface area contributed by atoms with E-state index in [4.69, 9.17) is 5.11 Å². The van der Waals surface area contributed by atoms with Crippen LogP contribution in [0.15, 0.2) is 22.7 Å². The Labute approximate surface area is 123 Å². The van der Waals surface area contributed by atoms with Gasteiger partial charge in [0.05, 0.1) is 12.2 Å². The zero-order chi connectivity index (χ0) is 15.5. The summed E-state index contributed by atoms with van der Waals surface area (Å²) in [7, 11) is 0. The summed E-state index contributed by atoms with van der Waals surface area (Å²) in [5.41, 5.74) is -0.946. The minimum Gasteiger partial charge on any atom is -0.395 e. The van der Waals surface area contributed by atoms with Crippen LogP contribution in [0, 0.1) is 0 Å². The number of carbonyl (C=O) groups excluding carboxylic acids is 1. The summed E-state index contributed by atoms with van der Waals surface area (Å²) in [6, 6.07) is 3.13. The predicted octanol–water partition coefficient (Wildman–Crippen LogP) is 3.31. The third-order valence-electron chi connectivity index (χ3n) is 2.74. The van der Waals surface area contributed by atoms with Gasteiger partial charge < -0.3 is 10.0 Å². The summed E-state index contributed by atoms with van der Waals surface area (Å²) in [5, 5.41) is 8.93. The Bertz CT molecular complexity index is 489. The molecule has 20 heavy (non-hydrogen) atoms. The lowest BCUT2D eigenvalue weighted by Gasteiger charge is -2.26. The minimum atomic E-state index is -4.53. The maximum Gasteiger partial charge on any atom is 0.417 e. The highest BCUT2D eigenvalue weighted by atomic mass is 79.9. The van der Waals surface area contributed by atoms with Crippen LogP contribution in [-0.2, 0) is 6.18 Å². The van der Waals surface area contributed by atoms with Crippen molar-refractivity contribution >= 4 is 21.8 Å². The molecule has 0 saturated heterocycles.